The van der Waals surface area contributed by atoms with Crippen LogP contribution in [0.5, 0.6) is 0 Å². The standard InChI is InChI=1S/C17H33N3O/c1-3-8-17(9-7-10-19-17)16(21)18-13-15(2)14-20-11-5-4-6-12-20/h15,19H,3-14H2,1-2H3,(H,18,21). The zero-order valence-electron chi connectivity index (χ0n) is 13.9. The van der Waals surface area contributed by atoms with Crippen LogP contribution in [0, 0.1) is 5.92 Å². The molecule has 1 amide bonds. The zero-order valence-corrected chi connectivity index (χ0v) is 13.9. The van der Waals surface area contributed by atoms with Crippen molar-refractivity contribution < 1.29 is 4.79 Å². The van der Waals surface area contributed by atoms with Crippen molar-refractivity contribution >= 4 is 5.91 Å². The summed E-state index contributed by atoms with van der Waals surface area (Å²) in [6.45, 7) is 9.80. The SMILES string of the molecule is CCCC1(C(=O)NCC(C)CN2CCCCC2)CCCN1. The van der Waals surface area contributed by atoms with Crippen LogP contribution in [0.1, 0.15) is 58.8 Å². The number of carbonyl (C=O) groups excluding carboxylic acids is 1. The van der Waals surface area contributed by atoms with Crippen LogP contribution in [0.15, 0.2) is 0 Å². The highest BCUT2D eigenvalue weighted by molar-refractivity contribution is 5.86. The van der Waals surface area contributed by atoms with Gasteiger partial charge in [0.25, 0.3) is 0 Å². The minimum Gasteiger partial charge on any atom is -0.354 e. The molecule has 0 bridgehead atoms. The molecule has 2 atom stereocenters. The molecule has 4 nitrogen and oxygen atoms in total. The number of nitrogens with one attached hydrogen (secondary N) is 2. The molecule has 21 heavy (non-hydrogen) atoms. The summed E-state index contributed by atoms with van der Waals surface area (Å²) in [5, 5.41) is 6.66. The maximum Gasteiger partial charge on any atom is 0.240 e. The van der Waals surface area contributed by atoms with Gasteiger partial charge in [0.05, 0.1) is 5.54 Å². The molecule has 2 rings (SSSR count). The van der Waals surface area contributed by atoms with Crippen molar-refractivity contribution in [3.8, 4) is 0 Å². The molecular weight excluding hydrogens is 262 g/mol. The van der Waals surface area contributed by atoms with E-state index in [1.54, 1.807) is 0 Å². The number of hydrogen-bond acceptors (Lipinski definition) is 3. The molecule has 0 spiro atoms. The van der Waals surface area contributed by atoms with E-state index in [0.717, 1.165) is 45.3 Å². The fourth-order valence-corrected chi connectivity index (χ4v) is 3.84. The Labute approximate surface area is 130 Å². The van der Waals surface area contributed by atoms with Gasteiger partial charge in [0.1, 0.15) is 0 Å². The van der Waals surface area contributed by atoms with E-state index in [1.165, 1.54) is 32.4 Å². The molecule has 4 heteroatoms. The lowest BCUT2D eigenvalue weighted by Crippen LogP contribution is -2.54. The fraction of sp³-hybridized carbons (Fsp3) is 0.941. The van der Waals surface area contributed by atoms with E-state index >= 15 is 0 Å². The lowest BCUT2D eigenvalue weighted by Gasteiger charge is -2.31. The fourth-order valence-electron chi connectivity index (χ4n) is 3.84. The zero-order chi connectivity index (χ0) is 15.1. The predicted molar refractivity (Wildman–Crippen MR) is 87.3 cm³/mol. The Morgan fingerprint density at radius 3 is 2.67 bits per heavy atom. The van der Waals surface area contributed by atoms with Crippen LogP contribution in [0.3, 0.4) is 0 Å². The van der Waals surface area contributed by atoms with Gasteiger partial charge in [-0.05, 0) is 57.7 Å². The maximum absolute atomic E-state index is 12.6. The van der Waals surface area contributed by atoms with Crippen molar-refractivity contribution in [2.24, 2.45) is 5.92 Å². The second-order valence-corrected chi connectivity index (χ2v) is 7.04. The van der Waals surface area contributed by atoms with Crippen LogP contribution in [0.4, 0.5) is 0 Å². The van der Waals surface area contributed by atoms with Crippen LogP contribution in [-0.4, -0.2) is 49.1 Å². The molecule has 0 aromatic rings. The molecule has 2 fully saturated rings. The number of piperidine rings is 1. The lowest BCUT2D eigenvalue weighted by atomic mass is 9.90. The van der Waals surface area contributed by atoms with Gasteiger partial charge in [0.15, 0.2) is 0 Å². The quantitative estimate of drug-likeness (QED) is 0.756. The minimum absolute atomic E-state index is 0.229. The second kappa shape index (κ2) is 8.14. The number of amides is 1. The van der Waals surface area contributed by atoms with Crippen molar-refractivity contribution in [1.82, 2.24) is 15.5 Å². The summed E-state index contributed by atoms with van der Waals surface area (Å²) in [5.74, 6) is 0.763. The van der Waals surface area contributed by atoms with Crippen LogP contribution < -0.4 is 10.6 Å². The van der Waals surface area contributed by atoms with E-state index in [2.05, 4.69) is 29.4 Å². The Morgan fingerprint density at radius 1 is 1.29 bits per heavy atom. The number of nitrogens with zero attached hydrogens (tertiary/aromatic N) is 1. The first kappa shape index (κ1) is 16.8. The third-order valence-corrected chi connectivity index (χ3v) is 4.98. The van der Waals surface area contributed by atoms with Crippen LogP contribution in [0.2, 0.25) is 0 Å². The Bertz CT molecular complexity index is 320. The molecule has 2 N–H and O–H groups in total. The van der Waals surface area contributed by atoms with Gasteiger partial charge < -0.3 is 15.5 Å². The Morgan fingerprint density at radius 2 is 2.05 bits per heavy atom. The molecule has 2 aliphatic rings. The Hall–Kier alpha value is -0.610. The van der Waals surface area contributed by atoms with Crippen molar-refractivity contribution in [3.05, 3.63) is 0 Å². The number of likely N-dealkylation sites (tertiary alicyclic amines) is 1. The van der Waals surface area contributed by atoms with E-state index in [-0.39, 0.29) is 11.4 Å². The average molecular weight is 295 g/mol. The molecule has 0 radical (unpaired) electrons. The van der Waals surface area contributed by atoms with Gasteiger partial charge >= 0.3 is 0 Å². The van der Waals surface area contributed by atoms with E-state index < -0.39 is 0 Å². The molecule has 0 aliphatic carbocycles. The summed E-state index contributed by atoms with van der Waals surface area (Å²) in [7, 11) is 0. The highest BCUT2D eigenvalue weighted by atomic mass is 16.2. The smallest absolute Gasteiger partial charge is 0.240 e. The summed E-state index contributed by atoms with van der Waals surface area (Å²) in [6.07, 6.45) is 8.19. The van der Waals surface area contributed by atoms with Crippen LogP contribution in [0.25, 0.3) is 0 Å². The molecule has 2 aliphatic heterocycles. The summed E-state index contributed by atoms with van der Waals surface area (Å²) in [6, 6.07) is 0. The largest absolute Gasteiger partial charge is 0.354 e. The van der Waals surface area contributed by atoms with E-state index in [9.17, 15) is 4.79 Å². The monoisotopic (exact) mass is 295 g/mol. The van der Waals surface area contributed by atoms with E-state index in [1.807, 2.05) is 0 Å². The van der Waals surface area contributed by atoms with Crippen LogP contribution in [-0.2, 0) is 4.79 Å². The van der Waals surface area contributed by atoms with E-state index in [0.29, 0.717) is 5.92 Å². The third kappa shape index (κ3) is 4.68. The first-order valence-corrected chi connectivity index (χ1v) is 8.92. The van der Waals surface area contributed by atoms with Crippen molar-refractivity contribution in [2.45, 2.75) is 64.3 Å². The number of hydrogen-bond donors (Lipinski definition) is 2. The minimum atomic E-state index is -0.278. The summed E-state index contributed by atoms with van der Waals surface area (Å²) in [4.78, 5) is 15.1. The van der Waals surface area contributed by atoms with Gasteiger partial charge in [-0.2, -0.15) is 0 Å². The first-order chi connectivity index (χ1) is 10.2. The molecule has 2 unspecified atom stereocenters. The summed E-state index contributed by atoms with van der Waals surface area (Å²) >= 11 is 0. The highest BCUT2D eigenvalue weighted by Gasteiger charge is 2.39. The summed E-state index contributed by atoms with van der Waals surface area (Å²) < 4.78 is 0. The van der Waals surface area contributed by atoms with Gasteiger partial charge in [0.2, 0.25) is 5.91 Å². The predicted octanol–water partition coefficient (Wildman–Crippen LogP) is 2.15. The number of rotatable bonds is 7. The normalized spacial score (nSPS) is 28.5. The second-order valence-electron chi connectivity index (χ2n) is 7.04. The molecule has 0 saturated carbocycles. The maximum atomic E-state index is 12.6. The topological polar surface area (TPSA) is 44.4 Å². The van der Waals surface area contributed by atoms with Crippen LogP contribution >= 0.6 is 0 Å². The van der Waals surface area contributed by atoms with Gasteiger partial charge in [-0.25, -0.2) is 0 Å². The molecule has 122 valence electrons. The number of carbonyl (C=O) groups is 1. The molecule has 0 aromatic heterocycles. The molecular formula is C17H33N3O. The van der Waals surface area contributed by atoms with Gasteiger partial charge in [-0.1, -0.05) is 26.7 Å². The van der Waals surface area contributed by atoms with Gasteiger partial charge in [-0.3, -0.25) is 4.79 Å². The van der Waals surface area contributed by atoms with Gasteiger partial charge in [0, 0.05) is 13.1 Å². The van der Waals surface area contributed by atoms with Crippen molar-refractivity contribution in [1.29, 1.82) is 0 Å². The van der Waals surface area contributed by atoms with Crippen molar-refractivity contribution in [2.75, 3.05) is 32.7 Å². The van der Waals surface area contributed by atoms with Gasteiger partial charge in [-0.15, -0.1) is 0 Å². The lowest BCUT2D eigenvalue weighted by molar-refractivity contribution is -0.127. The first-order valence-electron chi connectivity index (χ1n) is 8.92. The molecule has 2 saturated heterocycles. The molecule has 0 aromatic carbocycles. The summed E-state index contributed by atoms with van der Waals surface area (Å²) in [5.41, 5.74) is -0.278. The third-order valence-electron chi connectivity index (χ3n) is 4.98. The Kier molecular flexibility index (Phi) is 6.49. The Balaban J connectivity index is 1.74. The molecule has 2 heterocycles. The van der Waals surface area contributed by atoms with E-state index in [4.69, 9.17) is 0 Å². The highest BCUT2D eigenvalue weighted by Crippen LogP contribution is 2.25. The average Bonchev–Trinajstić information content (AvgIpc) is 2.96. The van der Waals surface area contributed by atoms with Crippen molar-refractivity contribution in [3.63, 3.8) is 0 Å².